The molecule has 0 spiro atoms. The van der Waals surface area contributed by atoms with Crippen LogP contribution in [0.25, 0.3) is 11.3 Å². The fourth-order valence-corrected chi connectivity index (χ4v) is 2.78. The van der Waals surface area contributed by atoms with Crippen LogP contribution in [0.3, 0.4) is 0 Å². The van der Waals surface area contributed by atoms with Gasteiger partial charge < -0.3 is 14.3 Å². The molecule has 0 saturated carbocycles. The SMILES string of the molecule is CO/N=C(/C#Cc1cc(-c2nn(C)c(OC(F)F)c2Cl)c(C)cc1Cl)OC. The molecule has 1 aromatic heterocycles. The Morgan fingerprint density at radius 1 is 1.30 bits per heavy atom. The number of alkyl halides is 2. The summed E-state index contributed by atoms with van der Waals surface area (Å²) in [4.78, 5) is 4.61. The molecule has 27 heavy (non-hydrogen) atoms. The molecule has 1 aromatic carbocycles. The molecule has 0 unspecified atom stereocenters. The number of aromatic nitrogens is 2. The summed E-state index contributed by atoms with van der Waals surface area (Å²) >= 11 is 12.4. The van der Waals surface area contributed by atoms with Crippen molar-refractivity contribution in [2.75, 3.05) is 14.2 Å². The molecule has 0 atom stereocenters. The highest BCUT2D eigenvalue weighted by atomic mass is 35.5. The zero-order chi connectivity index (χ0) is 20.1. The molecular weight excluding hydrogens is 403 g/mol. The third-order valence-electron chi connectivity index (χ3n) is 3.38. The highest BCUT2D eigenvalue weighted by molar-refractivity contribution is 6.34. The van der Waals surface area contributed by atoms with Gasteiger partial charge in [-0.1, -0.05) is 29.1 Å². The van der Waals surface area contributed by atoms with Crippen LogP contribution < -0.4 is 4.74 Å². The minimum Gasteiger partial charge on any atom is -0.473 e. The van der Waals surface area contributed by atoms with Crippen LogP contribution >= 0.6 is 23.2 Å². The number of rotatable bonds is 4. The Morgan fingerprint density at radius 3 is 2.59 bits per heavy atom. The van der Waals surface area contributed by atoms with Crippen molar-refractivity contribution in [1.82, 2.24) is 9.78 Å². The minimum atomic E-state index is -3.02. The van der Waals surface area contributed by atoms with Gasteiger partial charge >= 0.3 is 12.5 Å². The molecule has 0 aliphatic rings. The Labute approximate surface area is 164 Å². The third kappa shape index (κ3) is 4.81. The lowest BCUT2D eigenvalue weighted by molar-refractivity contribution is -0.0552. The van der Waals surface area contributed by atoms with Gasteiger partial charge in [-0.2, -0.15) is 13.9 Å². The lowest BCUT2D eigenvalue weighted by Crippen LogP contribution is -2.06. The molecule has 0 bridgehead atoms. The highest BCUT2D eigenvalue weighted by Gasteiger charge is 2.22. The van der Waals surface area contributed by atoms with Crippen LogP contribution in [0.15, 0.2) is 17.3 Å². The summed E-state index contributed by atoms with van der Waals surface area (Å²) in [6.45, 7) is -1.24. The summed E-state index contributed by atoms with van der Waals surface area (Å²) < 4.78 is 35.7. The van der Waals surface area contributed by atoms with Gasteiger partial charge in [0.15, 0.2) is 0 Å². The van der Waals surface area contributed by atoms with Gasteiger partial charge in [-0.05, 0) is 29.8 Å². The molecule has 0 radical (unpaired) electrons. The monoisotopic (exact) mass is 417 g/mol. The van der Waals surface area contributed by atoms with Crippen molar-refractivity contribution in [3.8, 4) is 29.0 Å². The minimum absolute atomic E-state index is 0.0411. The Hall–Kier alpha value is -2.50. The Morgan fingerprint density at radius 2 is 2.00 bits per heavy atom. The number of aryl methyl sites for hydroxylation is 2. The molecule has 0 saturated heterocycles. The summed E-state index contributed by atoms with van der Waals surface area (Å²) in [6.07, 6.45) is 0. The number of benzene rings is 1. The van der Waals surface area contributed by atoms with Crippen molar-refractivity contribution >= 4 is 29.1 Å². The number of hydrogen-bond donors (Lipinski definition) is 0. The van der Waals surface area contributed by atoms with E-state index < -0.39 is 6.61 Å². The second kappa shape index (κ2) is 8.93. The molecule has 10 heteroatoms. The summed E-state index contributed by atoms with van der Waals surface area (Å²) in [5, 5.41) is 8.11. The number of ether oxygens (including phenoxy) is 2. The van der Waals surface area contributed by atoms with Crippen LogP contribution in [0, 0.1) is 18.8 Å². The maximum absolute atomic E-state index is 12.6. The fourth-order valence-electron chi connectivity index (χ4n) is 2.21. The van der Waals surface area contributed by atoms with Gasteiger partial charge in [-0.25, -0.2) is 4.68 Å². The normalized spacial score (nSPS) is 11.2. The van der Waals surface area contributed by atoms with Gasteiger partial charge in [0.05, 0.1) is 12.1 Å². The summed E-state index contributed by atoms with van der Waals surface area (Å²) in [7, 11) is 4.21. The van der Waals surface area contributed by atoms with Crippen LogP contribution in [-0.2, 0) is 16.6 Å². The van der Waals surface area contributed by atoms with Gasteiger partial charge in [0, 0.05) is 24.1 Å². The van der Waals surface area contributed by atoms with E-state index in [1.165, 1.54) is 21.3 Å². The second-order valence-electron chi connectivity index (χ2n) is 5.15. The van der Waals surface area contributed by atoms with E-state index in [0.29, 0.717) is 16.1 Å². The predicted molar refractivity (Wildman–Crippen MR) is 98.4 cm³/mol. The summed E-state index contributed by atoms with van der Waals surface area (Å²) in [5.74, 6) is 5.30. The average Bonchev–Trinajstić information content (AvgIpc) is 2.87. The van der Waals surface area contributed by atoms with Crippen molar-refractivity contribution < 1.29 is 23.1 Å². The standard InChI is InChI=1S/C17H15Cl2F2N3O3/c1-9-7-12(18)10(5-6-13(25-3)23-26-4)8-11(9)15-14(19)16(24(2)22-15)27-17(20)21/h7-8,17H,1-4H3/b23-13-. The van der Waals surface area contributed by atoms with Gasteiger partial charge in [-0.3, -0.25) is 0 Å². The van der Waals surface area contributed by atoms with Crippen molar-refractivity contribution in [2.45, 2.75) is 13.5 Å². The molecule has 0 aliphatic heterocycles. The van der Waals surface area contributed by atoms with Crippen LogP contribution in [-0.4, -0.2) is 36.5 Å². The summed E-state index contributed by atoms with van der Waals surface area (Å²) in [6, 6.07) is 3.31. The summed E-state index contributed by atoms with van der Waals surface area (Å²) in [5.41, 5.74) is 2.00. The first-order valence-corrected chi connectivity index (χ1v) is 8.19. The van der Waals surface area contributed by atoms with Crippen molar-refractivity contribution in [1.29, 1.82) is 0 Å². The zero-order valence-corrected chi connectivity index (χ0v) is 16.3. The average molecular weight is 418 g/mol. The van der Waals surface area contributed by atoms with Crippen molar-refractivity contribution in [3.05, 3.63) is 33.3 Å². The van der Waals surface area contributed by atoms with E-state index >= 15 is 0 Å². The predicted octanol–water partition coefficient (Wildman–Crippen LogP) is 4.26. The molecule has 0 fully saturated rings. The van der Waals surface area contributed by atoms with Crippen molar-refractivity contribution in [3.63, 3.8) is 0 Å². The van der Waals surface area contributed by atoms with E-state index in [-0.39, 0.29) is 22.5 Å². The highest BCUT2D eigenvalue weighted by Crippen LogP contribution is 2.38. The topological polar surface area (TPSA) is 57.9 Å². The number of methoxy groups -OCH3 is 1. The third-order valence-corrected chi connectivity index (χ3v) is 4.03. The van der Waals surface area contributed by atoms with Crippen LogP contribution in [0.1, 0.15) is 11.1 Å². The van der Waals surface area contributed by atoms with Crippen LogP contribution in [0.5, 0.6) is 5.88 Å². The molecule has 0 N–H and O–H groups in total. The molecule has 6 nitrogen and oxygen atoms in total. The maximum Gasteiger partial charge on any atom is 0.388 e. The van der Waals surface area contributed by atoms with Gasteiger partial charge in [0.1, 0.15) is 17.8 Å². The molecule has 2 rings (SSSR count). The largest absolute Gasteiger partial charge is 0.473 e. The fraction of sp³-hybridized carbons (Fsp3) is 0.294. The van der Waals surface area contributed by atoms with Gasteiger partial charge in [0.25, 0.3) is 0 Å². The van der Waals surface area contributed by atoms with Crippen molar-refractivity contribution in [2.24, 2.45) is 12.2 Å². The van der Waals surface area contributed by atoms with E-state index in [9.17, 15) is 8.78 Å². The van der Waals surface area contributed by atoms with E-state index in [1.807, 2.05) is 0 Å². The molecule has 0 aliphatic carbocycles. The van der Waals surface area contributed by atoms with Gasteiger partial charge in [0.2, 0.25) is 5.88 Å². The molecule has 144 valence electrons. The van der Waals surface area contributed by atoms with Gasteiger partial charge in [-0.15, -0.1) is 0 Å². The number of oxime groups is 1. The van der Waals surface area contributed by atoms with Crippen LogP contribution in [0.4, 0.5) is 8.78 Å². The smallest absolute Gasteiger partial charge is 0.388 e. The Kier molecular flexibility index (Phi) is 6.88. The number of halogens is 4. The molecular formula is C17H15Cl2F2N3O3. The molecule has 1 heterocycles. The Bertz CT molecular complexity index is 934. The first kappa shape index (κ1) is 20.8. The maximum atomic E-state index is 12.6. The quantitative estimate of drug-likeness (QED) is 0.322. The number of nitrogens with zero attached hydrogens (tertiary/aromatic N) is 3. The molecule has 0 amide bonds. The van der Waals surface area contributed by atoms with E-state index in [4.69, 9.17) is 27.9 Å². The van der Waals surface area contributed by atoms with E-state index in [2.05, 4.69) is 31.7 Å². The van der Waals surface area contributed by atoms with E-state index in [1.54, 1.807) is 19.1 Å². The number of hydrogen-bond acceptors (Lipinski definition) is 5. The lowest BCUT2D eigenvalue weighted by atomic mass is 10.0. The van der Waals surface area contributed by atoms with E-state index in [0.717, 1.165) is 10.2 Å². The first-order chi connectivity index (χ1) is 12.8. The lowest BCUT2D eigenvalue weighted by Gasteiger charge is -2.07. The molecule has 2 aromatic rings. The Balaban J connectivity index is 2.54. The second-order valence-corrected chi connectivity index (χ2v) is 5.94. The first-order valence-electron chi connectivity index (χ1n) is 7.43. The van der Waals surface area contributed by atoms with Crippen LogP contribution in [0.2, 0.25) is 10.0 Å². The zero-order valence-electron chi connectivity index (χ0n) is 14.8.